The lowest BCUT2D eigenvalue weighted by atomic mass is 10.2. The van der Waals surface area contributed by atoms with Crippen molar-refractivity contribution in [2.24, 2.45) is 0 Å². The van der Waals surface area contributed by atoms with Crippen LogP contribution >= 0.6 is 0 Å². The van der Waals surface area contributed by atoms with Crippen molar-refractivity contribution in [1.29, 1.82) is 0 Å². The molecule has 1 aromatic carbocycles. The lowest BCUT2D eigenvalue weighted by Crippen LogP contribution is -2.10. The molecule has 98 valence electrons. The molecule has 0 aliphatic heterocycles. The maximum Gasteiger partial charge on any atom is 0.292 e. The molecule has 1 rings (SSSR count). The summed E-state index contributed by atoms with van der Waals surface area (Å²) in [5, 5.41) is 10.6. The first-order valence-corrected chi connectivity index (χ1v) is 5.47. The van der Waals surface area contributed by atoms with Gasteiger partial charge in [-0.1, -0.05) is 12.2 Å². The van der Waals surface area contributed by atoms with E-state index >= 15 is 0 Å². The third-order valence-electron chi connectivity index (χ3n) is 2.18. The summed E-state index contributed by atoms with van der Waals surface area (Å²) in [6.45, 7) is 1.25. The fourth-order valence-electron chi connectivity index (χ4n) is 1.29. The summed E-state index contributed by atoms with van der Waals surface area (Å²) < 4.78 is 5.40. The van der Waals surface area contributed by atoms with E-state index in [1.165, 1.54) is 18.2 Å². The topological polar surface area (TPSA) is 81.6 Å². The molecular weight excluding hydrogens is 234 g/mol. The Morgan fingerprint density at radius 2 is 2.17 bits per heavy atom. The number of hydrogen-bond donors (Lipinski definition) is 1. The minimum Gasteiger partial charge on any atom is -0.489 e. The largest absolute Gasteiger partial charge is 0.489 e. The predicted octanol–water partition coefficient (Wildman–Crippen LogP) is 1.67. The van der Waals surface area contributed by atoms with Gasteiger partial charge in [0.1, 0.15) is 18.0 Å². The van der Waals surface area contributed by atoms with E-state index in [2.05, 4.69) is 0 Å². The van der Waals surface area contributed by atoms with Crippen molar-refractivity contribution < 1.29 is 9.66 Å². The molecule has 1 aromatic rings. The number of nitro groups is 1. The molecule has 6 heteroatoms. The fourth-order valence-corrected chi connectivity index (χ4v) is 1.29. The van der Waals surface area contributed by atoms with Crippen LogP contribution in [-0.2, 0) is 0 Å². The van der Waals surface area contributed by atoms with Crippen molar-refractivity contribution in [2.75, 3.05) is 33.0 Å². The molecule has 2 N–H and O–H groups in total. The van der Waals surface area contributed by atoms with Crippen LogP contribution in [0.25, 0.3) is 0 Å². The summed E-state index contributed by atoms with van der Waals surface area (Å²) in [5.74, 6) is 0.521. The summed E-state index contributed by atoms with van der Waals surface area (Å²) in [6.07, 6.45) is 3.87. The highest BCUT2D eigenvalue weighted by atomic mass is 16.6. The van der Waals surface area contributed by atoms with Gasteiger partial charge in [-0.15, -0.1) is 0 Å². The van der Waals surface area contributed by atoms with E-state index in [0.717, 1.165) is 6.54 Å². The van der Waals surface area contributed by atoms with Crippen molar-refractivity contribution in [3.05, 3.63) is 40.5 Å². The monoisotopic (exact) mass is 251 g/mol. The summed E-state index contributed by atoms with van der Waals surface area (Å²) in [7, 11) is 3.95. The highest BCUT2D eigenvalue weighted by Crippen LogP contribution is 2.25. The number of likely N-dealkylation sites (N-methyl/N-ethyl adjacent to an activating group) is 1. The highest BCUT2D eigenvalue weighted by Gasteiger charge is 2.11. The van der Waals surface area contributed by atoms with Gasteiger partial charge in [0.15, 0.2) is 0 Å². The van der Waals surface area contributed by atoms with Crippen molar-refractivity contribution in [3.8, 4) is 5.75 Å². The van der Waals surface area contributed by atoms with Crippen LogP contribution in [0.1, 0.15) is 0 Å². The average molecular weight is 251 g/mol. The number of ether oxygens (including phenoxy) is 1. The average Bonchev–Trinajstić information content (AvgIpc) is 2.27. The molecule has 0 saturated carbocycles. The number of nitrogens with two attached hydrogens (primary N) is 1. The van der Waals surface area contributed by atoms with E-state index in [0.29, 0.717) is 12.4 Å². The van der Waals surface area contributed by atoms with Crippen LogP contribution in [0.3, 0.4) is 0 Å². The minimum absolute atomic E-state index is 0.106. The van der Waals surface area contributed by atoms with Crippen LogP contribution in [0.15, 0.2) is 30.4 Å². The summed E-state index contributed by atoms with van der Waals surface area (Å²) in [6, 6.07) is 4.33. The Kier molecular flexibility index (Phi) is 5.13. The number of hydrogen-bond acceptors (Lipinski definition) is 5. The van der Waals surface area contributed by atoms with Crippen molar-refractivity contribution in [1.82, 2.24) is 4.90 Å². The van der Waals surface area contributed by atoms with Crippen LogP contribution < -0.4 is 10.5 Å². The van der Waals surface area contributed by atoms with E-state index in [9.17, 15) is 10.1 Å². The Labute approximate surface area is 106 Å². The van der Waals surface area contributed by atoms with E-state index in [-0.39, 0.29) is 11.4 Å². The number of rotatable bonds is 6. The van der Waals surface area contributed by atoms with E-state index in [1.54, 1.807) is 0 Å². The second kappa shape index (κ2) is 6.61. The second-order valence-electron chi connectivity index (χ2n) is 4.02. The Bertz CT molecular complexity index is 444. The lowest BCUT2D eigenvalue weighted by molar-refractivity contribution is -0.383. The zero-order chi connectivity index (χ0) is 13.5. The first kappa shape index (κ1) is 14.0. The van der Waals surface area contributed by atoms with E-state index in [4.69, 9.17) is 10.5 Å². The molecule has 0 aliphatic carbocycles. The van der Waals surface area contributed by atoms with Crippen molar-refractivity contribution in [3.63, 3.8) is 0 Å². The van der Waals surface area contributed by atoms with Gasteiger partial charge in [-0.3, -0.25) is 10.1 Å². The quantitative estimate of drug-likeness (QED) is 0.360. The molecule has 18 heavy (non-hydrogen) atoms. The first-order valence-electron chi connectivity index (χ1n) is 5.47. The van der Waals surface area contributed by atoms with Crippen molar-refractivity contribution in [2.45, 2.75) is 0 Å². The van der Waals surface area contributed by atoms with Crippen LogP contribution in [0.5, 0.6) is 5.75 Å². The molecular formula is C12H17N3O3. The van der Waals surface area contributed by atoms with Gasteiger partial charge < -0.3 is 15.4 Å². The van der Waals surface area contributed by atoms with Gasteiger partial charge in [0.05, 0.1) is 4.92 Å². The van der Waals surface area contributed by atoms with Crippen LogP contribution in [0.2, 0.25) is 0 Å². The summed E-state index contributed by atoms with van der Waals surface area (Å²) in [4.78, 5) is 12.1. The molecule has 0 saturated heterocycles. The minimum atomic E-state index is -0.518. The predicted molar refractivity (Wildman–Crippen MR) is 70.7 cm³/mol. The highest BCUT2D eigenvalue weighted by molar-refractivity contribution is 5.60. The van der Waals surface area contributed by atoms with Crippen LogP contribution in [0, 0.1) is 10.1 Å². The maximum atomic E-state index is 10.6. The molecule has 0 atom stereocenters. The molecule has 0 aromatic heterocycles. The van der Waals surface area contributed by atoms with Crippen LogP contribution in [-0.4, -0.2) is 37.1 Å². The normalized spacial score (nSPS) is 11.1. The number of nitrogen functional groups attached to an aromatic ring is 1. The number of benzene rings is 1. The van der Waals surface area contributed by atoms with Crippen molar-refractivity contribution >= 4 is 11.4 Å². The summed E-state index contributed by atoms with van der Waals surface area (Å²) in [5.41, 5.74) is 5.55. The zero-order valence-electron chi connectivity index (χ0n) is 10.5. The lowest BCUT2D eigenvalue weighted by Gasteiger charge is -2.05. The molecule has 0 unspecified atom stereocenters. The third kappa shape index (κ3) is 4.42. The molecule has 0 bridgehead atoms. The Balaban J connectivity index is 2.51. The number of nitro benzene ring substituents is 1. The Morgan fingerprint density at radius 3 is 2.72 bits per heavy atom. The second-order valence-corrected chi connectivity index (χ2v) is 4.02. The molecule has 0 heterocycles. The van der Waals surface area contributed by atoms with Gasteiger partial charge in [-0.25, -0.2) is 0 Å². The van der Waals surface area contributed by atoms with Gasteiger partial charge in [0.2, 0.25) is 0 Å². The molecule has 0 spiro atoms. The zero-order valence-corrected chi connectivity index (χ0v) is 10.5. The van der Waals surface area contributed by atoms with E-state index < -0.39 is 4.92 Å². The third-order valence-corrected chi connectivity index (χ3v) is 2.18. The molecule has 6 nitrogen and oxygen atoms in total. The Hall–Kier alpha value is -2.08. The maximum absolute atomic E-state index is 10.6. The Morgan fingerprint density at radius 1 is 1.44 bits per heavy atom. The fraction of sp³-hybridized carbons (Fsp3) is 0.333. The van der Waals surface area contributed by atoms with Gasteiger partial charge in [0.25, 0.3) is 5.69 Å². The standard InChI is InChI=1S/C12H17N3O3/c1-14(2)7-3-4-8-18-10-5-6-12(15(16)17)11(13)9-10/h3-6,9H,7-8,13H2,1-2H3/b4-3+. The van der Waals surface area contributed by atoms with Gasteiger partial charge in [-0.2, -0.15) is 0 Å². The first-order chi connectivity index (χ1) is 8.50. The molecule has 0 amide bonds. The SMILES string of the molecule is CN(C)C/C=C/COc1ccc([N+](=O)[O-])c(N)c1. The van der Waals surface area contributed by atoms with E-state index in [1.807, 2.05) is 31.1 Å². The summed E-state index contributed by atoms with van der Waals surface area (Å²) >= 11 is 0. The molecule has 0 radical (unpaired) electrons. The molecule has 0 aliphatic rings. The van der Waals surface area contributed by atoms with Gasteiger partial charge in [0, 0.05) is 18.7 Å². The smallest absolute Gasteiger partial charge is 0.292 e. The number of anilines is 1. The molecule has 0 fully saturated rings. The number of nitrogens with zero attached hydrogens (tertiary/aromatic N) is 2. The van der Waals surface area contributed by atoms with Gasteiger partial charge >= 0.3 is 0 Å². The van der Waals surface area contributed by atoms with Crippen LogP contribution in [0.4, 0.5) is 11.4 Å². The van der Waals surface area contributed by atoms with Gasteiger partial charge in [-0.05, 0) is 20.2 Å².